The molecule has 3 nitrogen and oxygen atoms in total. The van der Waals surface area contributed by atoms with Crippen molar-refractivity contribution < 1.29 is 13.6 Å². The number of hydrogen-bond donors (Lipinski definition) is 1. The Hall–Kier alpha value is -0.710. The summed E-state index contributed by atoms with van der Waals surface area (Å²) in [6.07, 6.45) is 0.678. The van der Waals surface area contributed by atoms with Crippen LogP contribution in [0, 0.1) is 5.92 Å². The molecule has 5 heteroatoms. The van der Waals surface area contributed by atoms with E-state index >= 15 is 0 Å². The molecule has 1 aliphatic rings. The van der Waals surface area contributed by atoms with Gasteiger partial charge in [0, 0.05) is 6.04 Å². The lowest BCUT2D eigenvalue weighted by molar-refractivity contribution is -0.169. The highest BCUT2D eigenvalue weighted by Crippen LogP contribution is 2.28. The minimum absolute atomic E-state index is 0.239. The molecule has 2 unspecified atom stereocenters. The largest absolute Gasteiger partial charge is 0.330 e. The Bertz CT molecular complexity index is 225. The Balaban J connectivity index is 2.44. The maximum Gasteiger partial charge on any atom is 0.282 e. The molecule has 1 rings (SSSR count). The van der Waals surface area contributed by atoms with Crippen molar-refractivity contribution in [3.05, 3.63) is 0 Å². The van der Waals surface area contributed by atoms with Gasteiger partial charge in [0.05, 0.1) is 19.0 Å². The van der Waals surface area contributed by atoms with Crippen LogP contribution in [0.4, 0.5) is 8.78 Å². The molecule has 0 aromatic carbocycles. The molecule has 0 spiro atoms. The number of amides is 1. The second kappa shape index (κ2) is 3.81. The number of alkyl halides is 2. The van der Waals surface area contributed by atoms with E-state index in [9.17, 15) is 13.6 Å². The number of nitrogens with zero attached hydrogens (tertiary/aromatic N) is 1. The lowest BCUT2D eigenvalue weighted by Crippen LogP contribution is -2.60. The summed E-state index contributed by atoms with van der Waals surface area (Å²) < 4.78 is 24.9. The highest BCUT2D eigenvalue weighted by atomic mass is 19.3. The molecule has 0 bridgehead atoms. The van der Waals surface area contributed by atoms with E-state index in [2.05, 4.69) is 0 Å². The van der Waals surface area contributed by atoms with Gasteiger partial charge in [-0.05, 0) is 6.42 Å². The van der Waals surface area contributed by atoms with Gasteiger partial charge in [-0.1, -0.05) is 13.8 Å². The van der Waals surface area contributed by atoms with Gasteiger partial charge >= 0.3 is 0 Å². The van der Waals surface area contributed by atoms with Crippen LogP contribution in [0.3, 0.4) is 0 Å². The lowest BCUT2D eigenvalue weighted by Gasteiger charge is -2.40. The number of halogens is 2. The fourth-order valence-corrected chi connectivity index (χ4v) is 1.49. The average Bonchev–Trinajstić information content (AvgIpc) is 2.10. The fraction of sp³-hybridized carbons (Fsp3) is 0.889. The molecule has 1 amide bonds. The number of carbonyl (C=O) groups excluding carboxylic acids is 1. The molecule has 2 N–H and O–H groups in total. The summed E-state index contributed by atoms with van der Waals surface area (Å²) in [4.78, 5) is 12.7. The van der Waals surface area contributed by atoms with Crippen molar-refractivity contribution in [1.29, 1.82) is 0 Å². The zero-order valence-corrected chi connectivity index (χ0v) is 8.46. The number of carbonyl (C=O) groups is 1. The first kappa shape index (κ1) is 11.4. The van der Waals surface area contributed by atoms with Crippen molar-refractivity contribution >= 4 is 5.91 Å². The Labute approximate surface area is 82.2 Å². The molecule has 1 heterocycles. The second-order valence-electron chi connectivity index (χ2n) is 3.91. The third kappa shape index (κ3) is 2.20. The Morgan fingerprint density at radius 3 is 2.43 bits per heavy atom. The van der Waals surface area contributed by atoms with Gasteiger partial charge < -0.3 is 10.6 Å². The molecule has 2 atom stereocenters. The zero-order chi connectivity index (χ0) is 10.9. The summed E-state index contributed by atoms with van der Waals surface area (Å²) in [5.41, 5.74) is 5.67. The molecule has 0 aromatic heterocycles. The third-order valence-electron chi connectivity index (χ3n) is 2.66. The monoisotopic (exact) mass is 206 g/mol. The predicted molar refractivity (Wildman–Crippen MR) is 49.0 cm³/mol. The van der Waals surface area contributed by atoms with E-state index < -0.39 is 19.0 Å². The zero-order valence-electron chi connectivity index (χ0n) is 8.46. The van der Waals surface area contributed by atoms with Gasteiger partial charge in [0.1, 0.15) is 0 Å². The first-order chi connectivity index (χ1) is 6.37. The van der Waals surface area contributed by atoms with Gasteiger partial charge in [-0.25, -0.2) is 8.78 Å². The highest BCUT2D eigenvalue weighted by molar-refractivity contribution is 5.80. The molecule has 14 heavy (non-hydrogen) atoms. The van der Waals surface area contributed by atoms with Gasteiger partial charge in [-0.15, -0.1) is 0 Å². The topological polar surface area (TPSA) is 46.3 Å². The van der Waals surface area contributed by atoms with Crippen LogP contribution in [-0.4, -0.2) is 35.9 Å². The van der Waals surface area contributed by atoms with Gasteiger partial charge in [-0.2, -0.15) is 0 Å². The average molecular weight is 206 g/mol. The first-order valence-corrected chi connectivity index (χ1v) is 4.79. The van der Waals surface area contributed by atoms with Crippen molar-refractivity contribution in [2.75, 3.05) is 13.1 Å². The molecule has 0 aromatic rings. The summed E-state index contributed by atoms with van der Waals surface area (Å²) >= 11 is 0. The van der Waals surface area contributed by atoms with Crippen LogP contribution in [0.25, 0.3) is 0 Å². The van der Waals surface area contributed by atoms with E-state index in [0.717, 1.165) is 0 Å². The quantitative estimate of drug-likeness (QED) is 0.743. The molecule has 0 saturated carbocycles. The molecule has 1 aliphatic heterocycles. The van der Waals surface area contributed by atoms with E-state index in [1.165, 1.54) is 4.90 Å². The molecule has 0 aliphatic carbocycles. The van der Waals surface area contributed by atoms with Gasteiger partial charge in [0.25, 0.3) is 5.92 Å². The van der Waals surface area contributed by atoms with Crippen LogP contribution in [0.15, 0.2) is 0 Å². The maximum absolute atomic E-state index is 12.5. The smallest absolute Gasteiger partial charge is 0.282 e. The minimum atomic E-state index is -2.69. The van der Waals surface area contributed by atoms with Gasteiger partial charge in [-0.3, -0.25) is 4.79 Å². The minimum Gasteiger partial charge on any atom is -0.330 e. The van der Waals surface area contributed by atoms with E-state index in [1.807, 2.05) is 6.92 Å². The Morgan fingerprint density at radius 1 is 1.57 bits per heavy atom. The van der Waals surface area contributed by atoms with Crippen molar-refractivity contribution in [3.63, 3.8) is 0 Å². The summed E-state index contributed by atoms with van der Waals surface area (Å²) in [5.74, 6) is -3.31. The predicted octanol–water partition coefficient (Wildman–Crippen LogP) is 0.837. The summed E-state index contributed by atoms with van der Waals surface area (Å²) in [6, 6.07) is -0.239. The van der Waals surface area contributed by atoms with E-state index in [0.29, 0.717) is 6.42 Å². The van der Waals surface area contributed by atoms with Crippen molar-refractivity contribution in [3.8, 4) is 0 Å². The van der Waals surface area contributed by atoms with Crippen LogP contribution in [0.5, 0.6) is 0 Å². The Morgan fingerprint density at radius 2 is 2.07 bits per heavy atom. The molecule has 1 fully saturated rings. The fourth-order valence-electron chi connectivity index (χ4n) is 1.49. The standard InChI is InChI=1S/C9H16F2N2O/c1-3-7(12)6(2)8(14)13-4-9(10,11)5-13/h6-7H,3-5,12H2,1-2H3. The van der Waals surface area contributed by atoms with Crippen molar-refractivity contribution in [2.24, 2.45) is 11.7 Å². The highest BCUT2D eigenvalue weighted by Gasteiger charge is 2.47. The second-order valence-corrected chi connectivity index (χ2v) is 3.91. The van der Waals surface area contributed by atoms with E-state index in [4.69, 9.17) is 5.73 Å². The van der Waals surface area contributed by atoms with Crippen LogP contribution < -0.4 is 5.73 Å². The van der Waals surface area contributed by atoms with Crippen molar-refractivity contribution in [1.82, 2.24) is 4.90 Å². The first-order valence-electron chi connectivity index (χ1n) is 4.79. The molecule has 1 saturated heterocycles. The van der Waals surface area contributed by atoms with Crippen molar-refractivity contribution in [2.45, 2.75) is 32.2 Å². The van der Waals surface area contributed by atoms with Crippen LogP contribution in [0.1, 0.15) is 20.3 Å². The number of hydrogen-bond acceptors (Lipinski definition) is 2. The van der Waals surface area contributed by atoms with E-state index in [1.54, 1.807) is 6.92 Å². The molecular formula is C9H16F2N2O. The molecular weight excluding hydrogens is 190 g/mol. The van der Waals surface area contributed by atoms with Crippen LogP contribution >= 0.6 is 0 Å². The van der Waals surface area contributed by atoms with Crippen LogP contribution in [0.2, 0.25) is 0 Å². The lowest BCUT2D eigenvalue weighted by atomic mass is 9.97. The number of likely N-dealkylation sites (tertiary alicyclic amines) is 1. The summed E-state index contributed by atoms with van der Waals surface area (Å²) in [7, 11) is 0. The third-order valence-corrected chi connectivity index (χ3v) is 2.66. The maximum atomic E-state index is 12.5. The molecule has 82 valence electrons. The summed E-state index contributed by atoms with van der Waals surface area (Å²) in [5, 5.41) is 0. The Kier molecular flexibility index (Phi) is 3.09. The normalized spacial score (nSPS) is 23.9. The van der Waals surface area contributed by atoms with Gasteiger partial charge in [0.15, 0.2) is 0 Å². The SMILES string of the molecule is CCC(N)C(C)C(=O)N1CC(F)(F)C1. The van der Waals surface area contributed by atoms with Gasteiger partial charge in [0.2, 0.25) is 5.91 Å². The van der Waals surface area contributed by atoms with E-state index in [-0.39, 0.29) is 17.9 Å². The molecule has 0 radical (unpaired) electrons. The summed E-state index contributed by atoms with van der Waals surface area (Å²) in [6.45, 7) is 2.66. The number of rotatable bonds is 3. The number of nitrogens with two attached hydrogens (primary N) is 1. The van der Waals surface area contributed by atoms with Crippen LogP contribution in [-0.2, 0) is 4.79 Å².